The van der Waals surface area contributed by atoms with Crippen molar-refractivity contribution in [2.24, 2.45) is 5.41 Å². The standard InChI is InChI=1S/C8H11NO3/c1-4-5-9-6(10)8(2,3)7(11)12/h1H,5H2,2-3H3,(H,9,10)(H,11,12). The van der Waals surface area contributed by atoms with Crippen LogP contribution in [-0.4, -0.2) is 23.5 Å². The largest absolute Gasteiger partial charge is 0.480 e. The molecule has 0 saturated heterocycles. The van der Waals surface area contributed by atoms with Gasteiger partial charge in [0.05, 0.1) is 6.54 Å². The van der Waals surface area contributed by atoms with Crippen molar-refractivity contribution < 1.29 is 14.7 Å². The van der Waals surface area contributed by atoms with Crippen molar-refractivity contribution in [3.63, 3.8) is 0 Å². The van der Waals surface area contributed by atoms with Crippen molar-refractivity contribution >= 4 is 11.9 Å². The predicted octanol–water partition coefficient (Wildman–Crippen LogP) is -0.153. The fourth-order valence-corrected chi connectivity index (χ4v) is 0.449. The summed E-state index contributed by atoms with van der Waals surface area (Å²) in [7, 11) is 0. The average Bonchev–Trinajstić information content (AvgIpc) is 1.99. The van der Waals surface area contributed by atoms with E-state index in [1.807, 2.05) is 0 Å². The van der Waals surface area contributed by atoms with Crippen LogP contribution in [-0.2, 0) is 9.59 Å². The van der Waals surface area contributed by atoms with E-state index in [1.54, 1.807) is 0 Å². The lowest BCUT2D eigenvalue weighted by Gasteiger charge is -2.16. The summed E-state index contributed by atoms with van der Waals surface area (Å²) in [6.45, 7) is 2.69. The van der Waals surface area contributed by atoms with Crippen LogP contribution in [0.3, 0.4) is 0 Å². The van der Waals surface area contributed by atoms with Crippen LogP contribution >= 0.6 is 0 Å². The van der Waals surface area contributed by atoms with Crippen molar-refractivity contribution in [3.05, 3.63) is 0 Å². The maximum atomic E-state index is 11.1. The van der Waals surface area contributed by atoms with E-state index in [2.05, 4.69) is 11.2 Å². The fourth-order valence-electron chi connectivity index (χ4n) is 0.449. The fraction of sp³-hybridized carbons (Fsp3) is 0.500. The molecule has 0 saturated carbocycles. The van der Waals surface area contributed by atoms with E-state index in [0.717, 1.165) is 0 Å². The second-order valence-electron chi connectivity index (χ2n) is 2.82. The molecule has 12 heavy (non-hydrogen) atoms. The zero-order chi connectivity index (χ0) is 9.78. The molecule has 0 heterocycles. The van der Waals surface area contributed by atoms with E-state index in [1.165, 1.54) is 13.8 Å². The molecule has 0 fully saturated rings. The summed E-state index contributed by atoms with van der Waals surface area (Å²) in [5.74, 6) is 0.439. The Bertz CT molecular complexity index is 237. The molecule has 4 nitrogen and oxygen atoms in total. The molecular weight excluding hydrogens is 158 g/mol. The maximum Gasteiger partial charge on any atom is 0.318 e. The number of carbonyl (C=O) groups excluding carboxylic acids is 1. The lowest BCUT2D eigenvalue weighted by molar-refractivity contribution is -0.153. The number of hydrogen-bond acceptors (Lipinski definition) is 2. The minimum Gasteiger partial charge on any atom is -0.480 e. The number of carboxylic acid groups (broad SMARTS) is 1. The van der Waals surface area contributed by atoms with Crippen LogP contribution in [0, 0.1) is 17.8 Å². The van der Waals surface area contributed by atoms with Gasteiger partial charge in [-0.3, -0.25) is 9.59 Å². The van der Waals surface area contributed by atoms with Gasteiger partial charge in [0, 0.05) is 0 Å². The lowest BCUT2D eigenvalue weighted by Crippen LogP contribution is -2.42. The van der Waals surface area contributed by atoms with Gasteiger partial charge in [-0.15, -0.1) is 6.42 Å². The Morgan fingerprint density at radius 2 is 2.08 bits per heavy atom. The van der Waals surface area contributed by atoms with Gasteiger partial charge in [-0.05, 0) is 13.8 Å². The van der Waals surface area contributed by atoms with Gasteiger partial charge < -0.3 is 10.4 Å². The van der Waals surface area contributed by atoms with Gasteiger partial charge in [0.15, 0.2) is 0 Å². The van der Waals surface area contributed by atoms with E-state index >= 15 is 0 Å². The molecule has 0 unspecified atom stereocenters. The molecule has 0 rings (SSSR count). The van der Waals surface area contributed by atoms with Crippen LogP contribution in [0.15, 0.2) is 0 Å². The van der Waals surface area contributed by atoms with Gasteiger partial charge in [0.2, 0.25) is 5.91 Å². The number of aliphatic carboxylic acids is 1. The number of amides is 1. The number of terminal acetylenes is 1. The molecule has 0 aromatic carbocycles. The number of carbonyl (C=O) groups is 2. The molecule has 0 aliphatic rings. The van der Waals surface area contributed by atoms with Gasteiger partial charge in [-0.25, -0.2) is 0 Å². The Morgan fingerprint density at radius 1 is 1.58 bits per heavy atom. The molecule has 1 amide bonds. The van der Waals surface area contributed by atoms with E-state index in [-0.39, 0.29) is 6.54 Å². The molecule has 0 bridgehead atoms. The summed E-state index contributed by atoms with van der Waals surface area (Å²) in [6, 6.07) is 0. The SMILES string of the molecule is C#CCNC(=O)C(C)(C)C(=O)O. The molecule has 0 radical (unpaired) electrons. The third-order valence-electron chi connectivity index (χ3n) is 1.45. The molecule has 0 spiro atoms. The monoisotopic (exact) mass is 169 g/mol. The highest BCUT2D eigenvalue weighted by atomic mass is 16.4. The van der Waals surface area contributed by atoms with Crippen LogP contribution in [0.25, 0.3) is 0 Å². The summed E-state index contributed by atoms with van der Waals surface area (Å²) in [6.07, 6.45) is 4.88. The molecule has 0 aliphatic heterocycles. The third-order valence-corrected chi connectivity index (χ3v) is 1.45. The van der Waals surface area contributed by atoms with E-state index in [0.29, 0.717) is 0 Å². The van der Waals surface area contributed by atoms with Gasteiger partial charge in [0.1, 0.15) is 5.41 Å². The minimum atomic E-state index is -1.42. The predicted molar refractivity (Wildman–Crippen MR) is 43.3 cm³/mol. The van der Waals surface area contributed by atoms with Crippen LogP contribution in [0.2, 0.25) is 0 Å². The summed E-state index contributed by atoms with van der Waals surface area (Å²) >= 11 is 0. The van der Waals surface area contributed by atoms with Crippen LogP contribution in [0.4, 0.5) is 0 Å². The minimum absolute atomic E-state index is 0.0511. The van der Waals surface area contributed by atoms with E-state index in [4.69, 9.17) is 11.5 Å². The van der Waals surface area contributed by atoms with Crippen molar-refractivity contribution in [2.75, 3.05) is 6.54 Å². The first-order chi connectivity index (χ1) is 5.42. The summed E-state index contributed by atoms with van der Waals surface area (Å²) in [5, 5.41) is 10.9. The first-order valence-electron chi connectivity index (χ1n) is 3.38. The highest BCUT2D eigenvalue weighted by molar-refractivity contribution is 6.00. The second-order valence-corrected chi connectivity index (χ2v) is 2.82. The van der Waals surface area contributed by atoms with Crippen molar-refractivity contribution in [1.82, 2.24) is 5.32 Å². The number of hydrogen-bond donors (Lipinski definition) is 2. The van der Waals surface area contributed by atoms with E-state index in [9.17, 15) is 9.59 Å². The van der Waals surface area contributed by atoms with E-state index < -0.39 is 17.3 Å². The average molecular weight is 169 g/mol. The Morgan fingerprint density at radius 3 is 2.42 bits per heavy atom. The Labute approximate surface area is 71.0 Å². The molecule has 0 aromatic heterocycles. The number of rotatable bonds is 3. The molecule has 66 valence electrons. The van der Waals surface area contributed by atoms with Crippen molar-refractivity contribution in [1.29, 1.82) is 0 Å². The molecule has 4 heteroatoms. The summed E-state index contributed by atoms with van der Waals surface area (Å²) in [4.78, 5) is 21.6. The normalized spacial score (nSPS) is 10.1. The maximum absolute atomic E-state index is 11.1. The second kappa shape index (κ2) is 3.77. The Kier molecular flexibility index (Phi) is 3.30. The summed E-state index contributed by atoms with van der Waals surface area (Å²) < 4.78 is 0. The molecule has 0 aromatic rings. The topological polar surface area (TPSA) is 66.4 Å². The highest BCUT2D eigenvalue weighted by Gasteiger charge is 2.35. The highest BCUT2D eigenvalue weighted by Crippen LogP contribution is 2.14. The quantitative estimate of drug-likeness (QED) is 0.456. The Hall–Kier alpha value is -1.50. The van der Waals surface area contributed by atoms with Gasteiger partial charge in [-0.2, -0.15) is 0 Å². The van der Waals surface area contributed by atoms with Gasteiger partial charge >= 0.3 is 5.97 Å². The third kappa shape index (κ3) is 2.27. The zero-order valence-electron chi connectivity index (χ0n) is 7.05. The van der Waals surface area contributed by atoms with Crippen molar-refractivity contribution in [2.45, 2.75) is 13.8 Å². The van der Waals surface area contributed by atoms with Crippen LogP contribution in [0.1, 0.15) is 13.8 Å². The number of nitrogens with one attached hydrogen (secondary N) is 1. The van der Waals surface area contributed by atoms with Crippen molar-refractivity contribution in [3.8, 4) is 12.3 Å². The molecule has 0 aliphatic carbocycles. The van der Waals surface area contributed by atoms with Crippen LogP contribution in [0.5, 0.6) is 0 Å². The Balaban J connectivity index is 4.28. The zero-order valence-corrected chi connectivity index (χ0v) is 7.05. The smallest absolute Gasteiger partial charge is 0.318 e. The summed E-state index contributed by atoms with van der Waals surface area (Å²) in [5.41, 5.74) is -1.42. The van der Waals surface area contributed by atoms with Gasteiger partial charge in [0.25, 0.3) is 0 Å². The van der Waals surface area contributed by atoms with Gasteiger partial charge in [-0.1, -0.05) is 5.92 Å². The first kappa shape index (κ1) is 10.5. The first-order valence-corrected chi connectivity index (χ1v) is 3.38. The van der Waals surface area contributed by atoms with Crippen LogP contribution < -0.4 is 5.32 Å². The number of carboxylic acids is 1. The molecule has 0 atom stereocenters. The lowest BCUT2D eigenvalue weighted by atomic mass is 9.93. The molecule has 2 N–H and O–H groups in total. The molecular formula is C8H11NO3.